The summed E-state index contributed by atoms with van der Waals surface area (Å²) in [7, 11) is 0. The van der Waals surface area contributed by atoms with Crippen LogP contribution in [0, 0.1) is 5.82 Å². The highest BCUT2D eigenvalue weighted by atomic mass is 35.5. The Bertz CT molecular complexity index is 611. The number of nitrogens with one attached hydrogen (secondary N) is 1. The van der Waals surface area contributed by atoms with Gasteiger partial charge in [-0.1, -0.05) is 0 Å². The van der Waals surface area contributed by atoms with E-state index in [9.17, 15) is 22.4 Å². The van der Waals surface area contributed by atoms with Gasteiger partial charge in [0.15, 0.2) is 18.2 Å². The van der Waals surface area contributed by atoms with E-state index in [1.165, 1.54) is 0 Å². The maximum Gasteiger partial charge on any atom is 0.422 e. The lowest BCUT2D eigenvalue weighted by Gasteiger charge is -2.27. The fourth-order valence-electron chi connectivity index (χ4n) is 2.47. The van der Waals surface area contributed by atoms with Gasteiger partial charge >= 0.3 is 6.18 Å². The predicted molar refractivity (Wildman–Crippen MR) is 92.6 cm³/mol. The Morgan fingerprint density at radius 1 is 1.27 bits per heavy atom. The molecule has 0 aliphatic heterocycles. The summed E-state index contributed by atoms with van der Waals surface area (Å²) in [6.07, 6.45) is -1.78. The van der Waals surface area contributed by atoms with Crippen LogP contribution in [0.4, 0.5) is 23.4 Å². The van der Waals surface area contributed by atoms with E-state index in [0.29, 0.717) is 12.8 Å². The Kier molecular flexibility index (Phi) is 9.40. The van der Waals surface area contributed by atoms with Crippen molar-refractivity contribution in [3.05, 3.63) is 17.4 Å². The van der Waals surface area contributed by atoms with E-state index >= 15 is 0 Å². The second-order valence-electron chi connectivity index (χ2n) is 5.70. The Balaban J connectivity index is 0.00000312. The molecule has 1 aliphatic rings. The van der Waals surface area contributed by atoms with Gasteiger partial charge in [-0.3, -0.25) is 4.79 Å². The highest BCUT2D eigenvalue weighted by molar-refractivity contribution is 5.95. The number of anilines is 1. The van der Waals surface area contributed by atoms with Crippen LogP contribution in [0.25, 0.3) is 0 Å². The largest absolute Gasteiger partial charge is 0.467 e. The van der Waals surface area contributed by atoms with E-state index in [-0.39, 0.29) is 42.7 Å². The molecule has 2 rings (SSSR count). The minimum Gasteiger partial charge on any atom is -0.467 e. The van der Waals surface area contributed by atoms with E-state index in [4.69, 9.17) is 11.5 Å². The standard InChI is InChI=1S/C14H18F4N4O2.2ClH/c15-10-5-9(11(20)23)13(24-6-14(16,17)18)22-12(10)21-8-3-1-7(19)2-4-8;;/h5,7-8H,1-4,6,19H2,(H2,20,23)(H,21,22);2*1H/t7-,8-;;. The van der Waals surface area contributed by atoms with Crippen LogP contribution < -0.4 is 21.5 Å². The van der Waals surface area contributed by atoms with Crippen LogP contribution in [0.1, 0.15) is 36.0 Å². The number of nitrogens with two attached hydrogens (primary N) is 2. The van der Waals surface area contributed by atoms with Crippen LogP contribution in [0.2, 0.25) is 0 Å². The molecule has 0 bridgehead atoms. The number of nitrogens with zero attached hydrogens (tertiary/aromatic N) is 1. The molecule has 1 saturated carbocycles. The summed E-state index contributed by atoms with van der Waals surface area (Å²) in [6.45, 7) is -1.66. The molecule has 0 radical (unpaired) electrons. The van der Waals surface area contributed by atoms with E-state index in [1.807, 2.05) is 0 Å². The van der Waals surface area contributed by atoms with Gasteiger partial charge in [-0.15, -0.1) is 24.8 Å². The van der Waals surface area contributed by atoms with Crippen molar-refractivity contribution in [2.75, 3.05) is 11.9 Å². The second-order valence-corrected chi connectivity index (χ2v) is 5.70. The topological polar surface area (TPSA) is 103 Å². The Labute approximate surface area is 159 Å². The lowest BCUT2D eigenvalue weighted by atomic mass is 9.92. The molecule has 0 spiro atoms. The number of halogens is 6. The van der Waals surface area contributed by atoms with Crippen molar-refractivity contribution < 1.29 is 27.1 Å². The Hall–Kier alpha value is -1.52. The third-order valence-corrected chi connectivity index (χ3v) is 3.69. The molecule has 1 heterocycles. The fourth-order valence-corrected chi connectivity index (χ4v) is 2.47. The molecule has 1 aromatic rings. The maximum absolute atomic E-state index is 14.1. The number of ether oxygens (including phenoxy) is 1. The van der Waals surface area contributed by atoms with Crippen molar-refractivity contribution in [3.63, 3.8) is 0 Å². The average molecular weight is 423 g/mol. The molecule has 0 unspecified atom stereocenters. The normalized spacial score (nSPS) is 19.7. The first kappa shape index (κ1) is 24.5. The van der Waals surface area contributed by atoms with Crippen molar-refractivity contribution in [2.24, 2.45) is 11.5 Å². The van der Waals surface area contributed by atoms with E-state index in [1.54, 1.807) is 0 Å². The lowest BCUT2D eigenvalue weighted by molar-refractivity contribution is -0.154. The summed E-state index contributed by atoms with van der Waals surface area (Å²) in [5, 5.41) is 2.82. The van der Waals surface area contributed by atoms with E-state index in [2.05, 4.69) is 15.0 Å². The Morgan fingerprint density at radius 3 is 2.35 bits per heavy atom. The van der Waals surface area contributed by atoms with Gasteiger partial charge in [0, 0.05) is 12.1 Å². The van der Waals surface area contributed by atoms with E-state index in [0.717, 1.165) is 18.9 Å². The van der Waals surface area contributed by atoms with E-state index < -0.39 is 36.0 Å². The number of carbonyl (C=O) groups excluding carboxylic acids is 1. The summed E-state index contributed by atoms with van der Waals surface area (Å²) in [6, 6.07) is 0.697. The molecule has 0 atom stereocenters. The number of hydrogen-bond donors (Lipinski definition) is 3. The lowest BCUT2D eigenvalue weighted by Crippen LogP contribution is -2.33. The minimum absolute atomic E-state index is 0. The van der Waals surface area contributed by atoms with Gasteiger partial charge < -0.3 is 21.5 Å². The smallest absolute Gasteiger partial charge is 0.422 e. The summed E-state index contributed by atoms with van der Waals surface area (Å²) < 4.78 is 55.4. The third kappa shape index (κ3) is 7.00. The first-order valence-electron chi connectivity index (χ1n) is 7.37. The predicted octanol–water partition coefficient (Wildman–Crippen LogP) is 2.79. The SMILES string of the molecule is Cl.Cl.NC(=O)c1cc(F)c(N[C@H]2CC[C@H](N)CC2)nc1OCC(F)(F)F. The molecule has 150 valence electrons. The van der Waals surface area contributed by atoms with Gasteiger partial charge in [0.1, 0.15) is 5.56 Å². The molecule has 1 fully saturated rings. The average Bonchev–Trinajstić information content (AvgIpc) is 2.48. The fraction of sp³-hybridized carbons (Fsp3) is 0.571. The van der Waals surface area contributed by atoms with Crippen LogP contribution in [-0.2, 0) is 0 Å². The molecule has 1 aromatic heterocycles. The molecule has 5 N–H and O–H groups in total. The first-order chi connectivity index (χ1) is 11.2. The number of alkyl halides is 3. The van der Waals surface area contributed by atoms with Crippen LogP contribution in [-0.4, -0.2) is 35.8 Å². The second kappa shape index (κ2) is 9.98. The molecule has 0 aromatic carbocycles. The summed E-state index contributed by atoms with van der Waals surface area (Å²) in [5.74, 6) is -2.96. The molecular weight excluding hydrogens is 403 g/mol. The van der Waals surface area contributed by atoms with Crippen molar-refractivity contribution in [1.82, 2.24) is 4.98 Å². The molecule has 6 nitrogen and oxygen atoms in total. The highest BCUT2D eigenvalue weighted by Gasteiger charge is 2.30. The molecule has 12 heteroatoms. The summed E-state index contributed by atoms with van der Waals surface area (Å²) in [5.41, 5.74) is 10.3. The quantitative estimate of drug-likeness (QED) is 0.632. The van der Waals surface area contributed by atoms with Gasteiger partial charge in [-0.2, -0.15) is 18.2 Å². The molecular formula is C14H20Cl2F4N4O2. The van der Waals surface area contributed by atoms with Gasteiger partial charge in [0.25, 0.3) is 5.91 Å². The maximum atomic E-state index is 14.1. The first-order valence-corrected chi connectivity index (χ1v) is 7.37. The van der Waals surface area contributed by atoms with Crippen LogP contribution in [0.3, 0.4) is 0 Å². The summed E-state index contributed by atoms with van der Waals surface area (Å²) >= 11 is 0. The number of aromatic nitrogens is 1. The molecule has 1 amide bonds. The van der Waals surface area contributed by atoms with Gasteiger partial charge in [-0.25, -0.2) is 4.39 Å². The number of rotatable bonds is 5. The van der Waals surface area contributed by atoms with Gasteiger partial charge in [-0.05, 0) is 31.7 Å². The van der Waals surface area contributed by atoms with Crippen LogP contribution in [0.15, 0.2) is 6.07 Å². The minimum atomic E-state index is -4.63. The van der Waals surface area contributed by atoms with Crippen molar-refractivity contribution >= 4 is 36.5 Å². The zero-order valence-corrected chi connectivity index (χ0v) is 15.1. The zero-order chi connectivity index (χ0) is 17.9. The number of carbonyl (C=O) groups is 1. The number of primary amides is 1. The number of hydrogen-bond acceptors (Lipinski definition) is 5. The monoisotopic (exact) mass is 422 g/mol. The van der Waals surface area contributed by atoms with Crippen molar-refractivity contribution in [1.29, 1.82) is 0 Å². The van der Waals surface area contributed by atoms with Crippen LogP contribution >= 0.6 is 24.8 Å². The number of amides is 1. The molecule has 26 heavy (non-hydrogen) atoms. The zero-order valence-electron chi connectivity index (χ0n) is 13.5. The summed E-state index contributed by atoms with van der Waals surface area (Å²) in [4.78, 5) is 14.9. The molecule has 1 aliphatic carbocycles. The highest BCUT2D eigenvalue weighted by Crippen LogP contribution is 2.27. The third-order valence-electron chi connectivity index (χ3n) is 3.69. The van der Waals surface area contributed by atoms with Crippen molar-refractivity contribution in [2.45, 2.75) is 43.9 Å². The number of pyridine rings is 1. The van der Waals surface area contributed by atoms with Gasteiger partial charge in [0.2, 0.25) is 5.88 Å². The van der Waals surface area contributed by atoms with Crippen molar-refractivity contribution in [3.8, 4) is 5.88 Å². The van der Waals surface area contributed by atoms with Gasteiger partial charge in [0.05, 0.1) is 0 Å². The van der Waals surface area contributed by atoms with Crippen LogP contribution in [0.5, 0.6) is 5.88 Å². The molecule has 0 saturated heterocycles. The Morgan fingerprint density at radius 2 is 1.85 bits per heavy atom.